The molecule has 1 fully saturated rings. The van der Waals surface area contributed by atoms with Crippen molar-refractivity contribution in [3.05, 3.63) is 95.0 Å². The van der Waals surface area contributed by atoms with Gasteiger partial charge in [-0.1, -0.05) is 60.8 Å². The summed E-state index contributed by atoms with van der Waals surface area (Å²) in [7, 11) is 1.63. The third-order valence-corrected chi connectivity index (χ3v) is 7.70. The fourth-order valence-corrected chi connectivity index (χ4v) is 5.50. The number of hydrogen-bond donors (Lipinski definition) is 2. The van der Waals surface area contributed by atoms with Crippen LogP contribution < -0.4 is 10.1 Å². The first-order valence-electron chi connectivity index (χ1n) is 12.7. The van der Waals surface area contributed by atoms with Crippen molar-refractivity contribution in [2.24, 2.45) is 0 Å². The van der Waals surface area contributed by atoms with E-state index < -0.39 is 17.4 Å². The van der Waals surface area contributed by atoms with Gasteiger partial charge in [0, 0.05) is 22.4 Å². The van der Waals surface area contributed by atoms with Gasteiger partial charge in [-0.05, 0) is 66.4 Å². The summed E-state index contributed by atoms with van der Waals surface area (Å²) in [6.45, 7) is 0. The van der Waals surface area contributed by atoms with E-state index in [-0.39, 0.29) is 12.3 Å². The standard InChI is InChI=1S/C31H29ClN2O4/c1-38-25-6-4-5-21(19-25)27-14-8-22-17-20(7-13-26(22)33-27)18-28(29(35)36)34-30(37)31(15-2-3-16-31)23-9-11-24(32)12-10-23/h4-14,17,19,28H,2-3,15-16,18H2,1H3,(H,34,37)(H,35,36). The average Bonchev–Trinajstić information content (AvgIpc) is 3.44. The van der Waals surface area contributed by atoms with Gasteiger partial charge in [0.05, 0.1) is 23.7 Å². The topological polar surface area (TPSA) is 88.5 Å². The van der Waals surface area contributed by atoms with Crippen molar-refractivity contribution in [1.29, 1.82) is 0 Å². The minimum Gasteiger partial charge on any atom is -0.497 e. The number of carboxylic acid groups (broad SMARTS) is 1. The van der Waals surface area contributed by atoms with Crippen molar-refractivity contribution in [3.63, 3.8) is 0 Å². The molecule has 1 aliphatic carbocycles. The number of pyridine rings is 1. The van der Waals surface area contributed by atoms with Gasteiger partial charge in [0.2, 0.25) is 5.91 Å². The first kappa shape index (κ1) is 25.7. The van der Waals surface area contributed by atoms with Crippen molar-refractivity contribution in [2.45, 2.75) is 43.6 Å². The number of carboxylic acids is 1. The molecular weight excluding hydrogens is 500 g/mol. The second-order valence-corrected chi connectivity index (χ2v) is 10.3. The van der Waals surface area contributed by atoms with Gasteiger partial charge in [0.1, 0.15) is 11.8 Å². The molecule has 5 rings (SSSR count). The fraction of sp³-hybridized carbons (Fsp3) is 0.258. The van der Waals surface area contributed by atoms with Crippen molar-refractivity contribution >= 4 is 34.4 Å². The molecule has 7 heteroatoms. The third-order valence-electron chi connectivity index (χ3n) is 7.45. The summed E-state index contributed by atoms with van der Waals surface area (Å²) in [5.41, 5.74) is 3.53. The van der Waals surface area contributed by atoms with E-state index >= 15 is 0 Å². The lowest BCUT2D eigenvalue weighted by Crippen LogP contribution is -2.50. The molecule has 0 spiro atoms. The Morgan fingerprint density at radius 2 is 1.79 bits per heavy atom. The Morgan fingerprint density at radius 3 is 2.50 bits per heavy atom. The van der Waals surface area contributed by atoms with Crippen LogP contribution in [0.4, 0.5) is 0 Å². The van der Waals surface area contributed by atoms with Crippen LogP contribution in [-0.2, 0) is 21.4 Å². The summed E-state index contributed by atoms with van der Waals surface area (Å²) >= 11 is 6.07. The van der Waals surface area contributed by atoms with E-state index in [9.17, 15) is 14.7 Å². The van der Waals surface area contributed by atoms with E-state index in [4.69, 9.17) is 21.3 Å². The van der Waals surface area contributed by atoms with Crippen molar-refractivity contribution in [2.75, 3.05) is 7.11 Å². The molecule has 38 heavy (non-hydrogen) atoms. The largest absolute Gasteiger partial charge is 0.497 e. The first-order valence-corrected chi connectivity index (χ1v) is 13.1. The number of aliphatic carboxylic acids is 1. The molecule has 6 nitrogen and oxygen atoms in total. The first-order chi connectivity index (χ1) is 18.4. The lowest BCUT2D eigenvalue weighted by molar-refractivity contribution is -0.142. The Hall–Kier alpha value is -3.90. The lowest BCUT2D eigenvalue weighted by Gasteiger charge is -2.30. The van der Waals surface area contributed by atoms with Gasteiger partial charge in [0.25, 0.3) is 0 Å². The molecule has 1 amide bonds. The lowest BCUT2D eigenvalue weighted by atomic mass is 9.77. The normalized spacial score (nSPS) is 15.2. The Bertz CT molecular complexity index is 1480. The third kappa shape index (κ3) is 5.22. The van der Waals surface area contributed by atoms with Gasteiger partial charge in [-0.2, -0.15) is 0 Å². The predicted octanol–water partition coefficient (Wildman–Crippen LogP) is 6.19. The molecular formula is C31H29ClN2O4. The van der Waals surface area contributed by atoms with Crippen LogP contribution in [-0.4, -0.2) is 35.1 Å². The highest BCUT2D eigenvalue weighted by atomic mass is 35.5. The quantitative estimate of drug-likeness (QED) is 0.285. The molecule has 0 bridgehead atoms. The van der Waals surface area contributed by atoms with Crippen LogP contribution in [0.1, 0.15) is 36.8 Å². The zero-order valence-electron chi connectivity index (χ0n) is 21.1. The van der Waals surface area contributed by atoms with Crippen molar-refractivity contribution in [1.82, 2.24) is 10.3 Å². The molecule has 0 radical (unpaired) electrons. The summed E-state index contributed by atoms with van der Waals surface area (Å²) in [5, 5.41) is 14.3. The minimum atomic E-state index is -1.06. The number of halogens is 1. The Labute approximate surface area is 226 Å². The number of aromatic nitrogens is 1. The Balaban J connectivity index is 1.36. The number of hydrogen-bond acceptors (Lipinski definition) is 4. The Kier molecular flexibility index (Phi) is 7.34. The summed E-state index contributed by atoms with van der Waals surface area (Å²) in [6, 6.07) is 23.6. The van der Waals surface area contributed by atoms with Crippen LogP contribution in [0.15, 0.2) is 78.9 Å². The molecule has 1 aromatic heterocycles. The maximum atomic E-state index is 13.6. The van der Waals surface area contributed by atoms with E-state index in [1.807, 2.05) is 66.7 Å². The molecule has 0 aliphatic heterocycles. The van der Waals surface area contributed by atoms with Crippen LogP contribution in [0.5, 0.6) is 5.75 Å². The second kappa shape index (κ2) is 10.8. The maximum absolute atomic E-state index is 13.6. The van der Waals surface area contributed by atoms with Crippen LogP contribution in [0.25, 0.3) is 22.2 Å². The van der Waals surface area contributed by atoms with E-state index in [0.717, 1.165) is 51.9 Å². The zero-order valence-corrected chi connectivity index (χ0v) is 21.9. The molecule has 194 valence electrons. The molecule has 0 saturated heterocycles. The highest BCUT2D eigenvalue weighted by molar-refractivity contribution is 6.30. The van der Waals surface area contributed by atoms with E-state index in [2.05, 4.69) is 5.32 Å². The predicted molar refractivity (Wildman–Crippen MR) is 149 cm³/mol. The number of nitrogens with one attached hydrogen (secondary N) is 1. The van der Waals surface area contributed by atoms with Crippen molar-refractivity contribution in [3.8, 4) is 17.0 Å². The summed E-state index contributed by atoms with van der Waals surface area (Å²) in [4.78, 5) is 30.5. The monoisotopic (exact) mass is 528 g/mol. The second-order valence-electron chi connectivity index (χ2n) is 9.82. The van der Waals surface area contributed by atoms with Gasteiger partial charge in [-0.25, -0.2) is 9.78 Å². The fourth-order valence-electron chi connectivity index (χ4n) is 5.37. The van der Waals surface area contributed by atoms with Gasteiger partial charge in [-0.3, -0.25) is 4.79 Å². The average molecular weight is 529 g/mol. The molecule has 1 unspecified atom stereocenters. The molecule has 1 aliphatic rings. The van der Waals surface area contributed by atoms with Gasteiger partial charge >= 0.3 is 5.97 Å². The number of carbonyl (C=O) groups excluding carboxylic acids is 1. The number of benzene rings is 3. The van der Waals surface area contributed by atoms with Gasteiger partial charge in [-0.15, -0.1) is 0 Å². The summed E-state index contributed by atoms with van der Waals surface area (Å²) < 4.78 is 5.32. The number of carbonyl (C=O) groups is 2. The van der Waals surface area contributed by atoms with Crippen LogP contribution in [0, 0.1) is 0 Å². The van der Waals surface area contributed by atoms with Crippen molar-refractivity contribution < 1.29 is 19.4 Å². The smallest absolute Gasteiger partial charge is 0.326 e. The van der Waals surface area contributed by atoms with E-state index in [1.54, 1.807) is 19.2 Å². The van der Waals surface area contributed by atoms with Crippen LogP contribution in [0.2, 0.25) is 5.02 Å². The highest BCUT2D eigenvalue weighted by Gasteiger charge is 2.43. The molecule has 3 aromatic carbocycles. The molecule has 1 heterocycles. The van der Waals surface area contributed by atoms with Crippen LogP contribution in [0.3, 0.4) is 0 Å². The number of ether oxygens (including phenoxy) is 1. The number of fused-ring (bicyclic) bond motifs is 1. The van der Waals surface area contributed by atoms with Gasteiger partial charge in [0.15, 0.2) is 0 Å². The number of nitrogens with zero attached hydrogens (tertiary/aromatic N) is 1. The molecule has 1 saturated carbocycles. The van der Waals surface area contributed by atoms with Crippen LogP contribution >= 0.6 is 11.6 Å². The highest BCUT2D eigenvalue weighted by Crippen LogP contribution is 2.42. The van der Waals surface area contributed by atoms with E-state index in [1.165, 1.54) is 0 Å². The van der Waals surface area contributed by atoms with Gasteiger partial charge < -0.3 is 15.2 Å². The molecule has 4 aromatic rings. The number of rotatable bonds is 8. The molecule has 2 N–H and O–H groups in total. The maximum Gasteiger partial charge on any atom is 0.326 e. The van der Waals surface area contributed by atoms with E-state index in [0.29, 0.717) is 17.9 Å². The summed E-state index contributed by atoms with van der Waals surface area (Å²) in [6.07, 6.45) is 3.38. The SMILES string of the molecule is COc1cccc(-c2ccc3cc(CC(NC(=O)C4(c5ccc(Cl)cc5)CCCC4)C(=O)O)ccc3n2)c1. The number of methoxy groups -OCH3 is 1. The summed E-state index contributed by atoms with van der Waals surface area (Å²) in [5.74, 6) is -0.541. The Morgan fingerprint density at radius 1 is 1.03 bits per heavy atom. The zero-order chi connectivity index (χ0) is 26.7. The number of amides is 1. The molecule has 1 atom stereocenters. The minimum absolute atomic E-state index is 0.172.